The monoisotopic (exact) mass is 382 g/mol. The van der Waals surface area contributed by atoms with E-state index in [-0.39, 0.29) is 0 Å². The molecule has 0 aliphatic heterocycles. The largest absolute Gasteiger partial charge is 0.384 e. The zero-order valence-corrected chi connectivity index (χ0v) is 13.2. The van der Waals surface area contributed by atoms with Gasteiger partial charge in [-0.15, -0.1) is 0 Å². The molecule has 0 unspecified atom stereocenters. The zero-order chi connectivity index (χ0) is 13.4. The molecule has 0 atom stereocenters. The predicted molar refractivity (Wildman–Crippen MR) is 83.5 cm³/mol. The number of aromatic nitrogens is 2. The molecule has 2 aromatic rings. The SMILES string of the molecule is Nc1cc(Nc2cc(Br)ccc2Br)nc(C2CC2)n1. The van der Waals surface area contributed by atoms with Crippen molar-refractivity contribution in [3.63, 3.8) is 0 Å². The van der Waals surface area contributed by atoms with E-state index in [2.05, 4.69) is 47.1 Å². The molecule has 0 spiro atoms. The summed E-state index contributed by atoms with van der Waals surface area (Å²) in [6.45, 7) is 0. The second-order valence-corrected chi connectivity index (χ2v) is 6.33. The van der Waals surface area contributed by atoms with E-state index in [0.717, 1.165) is 39.1 Å². The van der Waals surface area contributed by atoms with Gasteiger partial charge in [0, 0.05) is 20.9 Å². The molecule has 1 aromatic carbocycles. The molecule has 98 valence electrons. The molecule has 0 bridgehead atoms. The van der Waals surface area contributed by atoms with Gasteiger partial charge in [-0.3, -0.25) is 0 Å². The van der Waals surface area contributed by atoms with Crippen molar-refractivity contribution >= 4 is 49.2 Å². The highest BCUT2D eigenvalue weighted by Gasteiger charge is 2.27. The first kappa shape index (κ1) is 12.9. The number of nitrogen functional groups attached to an aromatic ring is 1. The van der Waals surface area contributed by atoms with Crippen molar-refractivity contribution < 1.29 is 0 Å². The molecule has 1 fully saturated rings. The average Bonchev–Trinajstić information content (AvgIpc) is 3.17. The number of nitrogens with one attached hydrogen (secondary N) is 1. The summed E-state index contributed by atoms with van der Waals surface area (Å²) in [6.07, 6.45) is 2.31. The summed E-state index contributed by atoms with van der Waals surface area (Å²) in [5, 5.41) is 3.27. The summed E-state index contributed by atoms with van der Waals surface area (Å²) in [7, 11) is 0. The molecule has 3 N–H and O–H groups in total. The van der Waals surface area contributed by atoms with Crippen LogP contribution < -0.4 is 11.1 Å². The Morgan fingerprint density at radius 1 is 1.16 bits per heavy atom. The molecule has 1 heterocycles. The lowest BCUT2D eigenvalue weighted by atomic mass is 10.3. The summed E-state index contributed by atoms with van der Waals surface area (Å²) in [4.78, 5) is 8.81. The highest BCUT2D eigenvalue weighted by Crippen LogP contribution is 2.39. The van der Waals surface area contributed by atoms with Crippen LogP contribution in [-0.2, 0) is 0 Å². The lowest BCUT2D eigenvalue weighted by Crippen LogP contribution is -2.03. The molecule has 6 heteroatoms. The summed E-state index contributed by atoms with van der Waals surface area (Å²) in [6, 6.07) is 7.68. The van der Waals surface area contributed by atoms with Crippen LogP contribution in [0.5, 0.6) is 0 Å². The van der Waals surface area contributed by atoms with Crippen molar-refractivity contribution in [2.45, 2.75) is 18.8 Å². The van der Waals surface area contributed by atoms with Crippen LogP contribution in [-0.4, -0.2) is 9.97 Å². The Labute approximate surface area is 128 Å². The molecule has 19 heavy (non-hydrogen) atoms. The van der Waals surface area contributed by atoms with Crippen molar-refractivity contribution in [1.82, 2.24) is 9.97 Å². The number of nitrogens with two attached hydrogens (primary N) is 1. The minimum atomic E-state index is 0.481. The van der Waals surface area contributed by atoms with Crippen molar-refractivity contribution in [3.8, 4) is 0 Å². The van der Waals surface area contributed by atoms with Gasteiger partial charge in [0.25, 0.3) is 0 Å². The van der Waals surface area contributed by atoms with Gasteiger partial charge in [0.1, 0.15) is 17.5 Å². The Morgan fingerprint density at radius 2 is 1.95 bits per heavy atom. The number of hydrogen-bond acceptors (Lipinski definition) is 4. The summed E-state index contributed by atoms with van der Waals surface area (Å²) >= 11 is 6.96. The Morgan fingerprint density at radius 3 is 2.68 bits per heavy atom. The van der Waals surface area contributed by atoms with Crippen molar-refractivity contribution in [2.24, 2.45) is 0 Å². The van der Waals surface area contributed by atoms with Crippen LogP contribution >= 0.6 is 31.9 Å². The molecule has 0 saturated heterocycles. The summed E-state index contributed by atoms with van der Waals surface area (Å²) in [5.74, 6) is 2.56. The first-order valence-corrected chi connectivity index (χ1v) is 7.57. The van der Waals surface area contributed by atoms with Gasteiger partial charge in [-0.1, -0.05) is 15.9 Å². The van der Waals surface area contributed by atoms with Crippen LogP contribution in [0.4, 0.5) is 17.3 Å². The normalized spacial score (nSPS) is 14.4. The van der Waals surface area contributed by atoms with E-state index in [1.165, 1.54) is 0 Å². The molecule has 1 aromatic heterocycles. The molecule has 4 nitrogen and oxygen atoms in total. The lowest BCUT2D eigenvalue weighted by molar-refractivity contribution is 0.936. The van der Waals surface area contributed by atoms with E-state index in [1.807, 2.05) is 18.2 Å². The summed E-state index contributed by atoms with van der Waals surface area (Å²) < 4.78 is 1.98. The fourth-order valence-corrected chi connectivity index (χ4v) is 2.51. The third-order valence-electron chi connectivity index (χ3n) is 2.90. The van der Waals surface area contributed by atoms with E-state index >= 15 is 0 Å². The molecule has 1 saturated carbocycles. The molecule has 1 aliphatic rings. The van der Waals surface area contributed by atoms with Gasteiger partial charge in [0.2, 0.25) is 0 Å². The molecule has 0 amide bonds. The van der Waals surface area contributed by atoms with Crippen LogP contribution in [0.2, 0.25) is 0 Å². The average molecular weight is 384 g/mol. The maximum absolute atomic E-state index is 5.83. The number of nitrogens with zero attached hydrogens (tertiary/aromatic N) is 2. The highest BCUT2D eigenvalue weighted by atomic mass is 79.9. The smallest absolute Gasteiger partial charge is 0.136 e. The van der Waals surface area contributed by atoms with E-state index in [1.54, 1.807) is 6.07 Å². The van der Waals surface area contributed by atoms with Gasteiger partial charge >= 0.3 is 0 Å². The second-order valence-electron chi connectivity index (χ2n) is 4.56. The standard InChI is InChI=1S/C13H12Br2N4/c14-8-3-4-9(15)10(5-8)17-12-6-11(16)18-13(19-12)7-1-2-7/h3-7H,1-2H2,(H3,16,17,18,19). The highest BCUT2D eigenvalue weighted by molar-refractivity contribution is 9.11. The van der Waals surface area contributed by atoms with Gasteiger partial charge < -0.3 is 11.1 Å². The summed E-state index contributed by atoms with van der Waals surface area (Å²) in [5.41, 5.74) is 6.77. The number of hydrogen-bond donors (Lipinski definition) is 2. The van der Waals surface area contributed by atoms with Gasteiger partial charge in [-0.2, -0.15) is 0 Å². The van der Waals surface area contributed by atoms with Crippen LogP contribution in [0.25, 0.3) is 0 Å². The molecule has 3 rings (SSSR count). The Balaban J connectivity index is 1.92. The van der Waals surface area contributed by atoms with Crippen LogP contribution in [0.1, 0.15) is 24.6 Å². The van der Waals surface area contributed by atoms with Gasteiger partial charge in [-0.05, 0) is 47.0 Å². The number of benzene rings is 1. The predicted octanol–water partition coefficient (Wildman–Crippen LogP) is 4.20. The van der Waals surface area contributed by atoms with Gasteiger partial charge in [0.05, 0.1) is 5.69 Å². The zero-order valence-electron chi connectivity index (χ0n) is 10.0. The number of rotatable bonds is 3. The number of halogens is 2. The maximum Gasteiger partial charge on any atom is 0.136 e. The molecule has 0 radical (unpaired) electrons. The van der Waals surface area contributed by atoms with Crippen LogP contribution in [0, 0.1) is 0 Å². The van der Waals surface area contributed by atoms with E-state index in [4.69, 9.17) is 5.73 Å². The minimum absolute atomic E-state index is 0.481. The first-order chi connectivity index (χ1) is 9.11. The Bertz CT molecular complexity index is 626. The molecular formula is C13H12Br2N4. The Kier molecular flexibility index (Phi) is 3.45. The quantitative estimate of drug-likeness (QED) is 0.833. The first-order valence-electron chi connectivity index (χ1n) is 5.98. The van der Waals surface area contributed by atoms with Crippen LogP contribution in [0.3, 0.4) is 0 Å². The third-order valence-corrected chi connectivity index (χ3v) is 4.08. The Hall–Kier alpha value is -1.14. The maximum atomic E-state index is 5.83. The minimum Gasteiger partial charge on any atom is -0.384 e. The van der Waals surface area contributed by atoms with Gasteiger partial charge in [0.15, 0.2) is 0 Å². The molecular weight excluding hydrogens is 372 g/mol. The van der Waals surface area contributed by atoms with Gasteiger partial charge in [-0.25, -0.2) is 9.97 Å². The number of anilines is 3. The topological polar surface area (TPSA) is 63.8 Å². The van der Waals surface area contributed by atoms with Crippen molar-refractivity contribution in [2.75, 3.05) is 11.1 Å². The van der Waals surface area contributed by atoms with E-state index in [9.17, 15) is 0 Å². The van der Waals surface area contributed by atoms with E-state index in [0.29, 0.717) is 11.7 Å². The third kappa shape index (κ3) is 3.06. The second kappa shape index (κ2) is 5.09. The molecule has 1 aliphatic carbocycles. The fourth-order valence-electron chi connectivity index (χ4n) is 1.80. The van der Waals surface area contributed by atoms with Crippen molar-refractivity contribution in [1.29, 1.82) is 0 Å². The van der Waals surface area contributed by atoms with E-state index < -0.39 is 0 Å². The van der Waals surface area contributed by atoms with Crippen molar-refractivity contribution in [3.05, 3.63) is 39.0 Å². The van der Waals surface area contributed by atoms with Crippen LogP contribution in [0.15, 0.2) is 33.2 Å². The lowest BCUT2D eigenvalue weighted by Gasteiger charge is -2.10. The fraction of sp³-hybridized carbons (Fsp3) is 0.231.